The predicted molar refractivity (Wildman–Crippen MR) is 74.0 cm³/mol. The van der Waals surface area contributed by atoms with Crippen LogP contribution in [0.25, 0.3) is 11.1 Å². The maximum absolute atomic E-state index is 5.86. The predicted octanol–water partition coefficient (Wildman–Crippen LogP) is 3.17. The third-order valence-corrected chi connectivity index (χ3v) is 3.41. The van der Waals surface area contributed by atoms with E-state index in [1.54, 1.807) is 4.68 Å². The third kappa shape index (κ3) is 2.82. The highest BCUT2D eigenvalue weighted by atomic mass is 32.2. The Morgan fingerprint density at radius 3 is 2.35 bits per heavy atom. The fourth-order valence-corrected chi connectivity index (χ4v) is 2.55. The molecule has 4 heteroatoms. The topological polar surface area (TPSA) is 43.8 Å². The minimum absolute atomic E-state index is 0.580. The van der Waals surface area contributed by atoms with Gasteiger partial charge in [-0.15, -0.1) is 11.8 Å². The number of hydrogen-bond acceptors (Lipinski definition) is 3. The summed E-state index contributed by atoms with van der Waals surface area (Å²) in [5, 5.41) is 4.75. The Morgan fingerprint density at radius 1 is 1.24 bits per heavy atom. The molecular weight excluding hydrogens is 230 g/mol. The van der Waals surface area contributed by atoms with Crippen LogP contribution in [0, 0.1) is 0 Å². The third-order valence-electron chi connectivity index (χ3n) is 2.39. The molecule has 3 nitrogen and oxygen atoms in total. The van der Waals surface area contributed by atoms with Gasteiger partial charge in [-0.2, -0.15) is 5.10 Å². The second-order valence-corrected chi connectivity index (χ2v) is 5.94. The molecule has 0 fully saturated rings. The van der Waals surface area contributed by atoms with E-state index in [9.17, 15) is 0 Å². The van der Waals surface area contributed by atoms with Crippen molar-refractivity contribution in [2.75, 3.05) is 5.73 Å². The molecule has 0 bridgehead atoms. The molecule has 17 heavy (non-hydrogen) atoms. The summed E-state index contributed by atoms with van der Waals surface area (Å²) in [4.78, 5) is 1.28. The van der Waals surface area contributed by atoms with Gasteiger partial charge in [0.05, 0.1) is 0 Å². The van der Waals surface area contributed by atoms with E-state index in [2.05, 4.69) is 43.2 Å². The Balaban J connectivity index is 2.26. The summed E-state index contributed by atoms with van der Waals surface area (Å²) in [5.41, 5.74) is 7.96. The van der Waals surface area contributed by atoms with Crippen molar-refractivity contribution in [3.8, 4) is 11.1 Å². The van der Waals surface area contributed by atoms with Crippen molar-refractivity contribution in [3.05, 3.63) is 30.5 Å². The zero-order valence-corrected chi connectivity index (χ0v) is 11.2. The average Bonchev–Trinajstić information content (AvgIpc) is 2.58. The smallest absolute Gasteiger partial charge is 0.153 e. The van der Waals surface area contributed by atoms with E-state index >= 15 is 0 Å². The summed E-state index contributed by atoms with van der Waals surface area (Å²) in [6.07, 6.45) is 1.94. The number of benzene rings is 1. The Labute approximate surface area is 106 Å². The highest BCUT2D eigenvalue weighted by molar-refractivity contribution is 7.99. The van der Waals surface area contributed by atoms with Crippen LogP contribution in [0.3, 0.4) is 0 Å². The summed E-state index contributed by atoms with van der Waals surface area (Å²) in [6.45, 7) is 4.38. The molecule has 0 amide bonds. The Morgan fingerprint density at radius 2 is 1.88 bits per heavy atom. The second kappa shape index (κ2) is 4.84. The first kappa shape index (κ1) is 12.0. The molecular formula is C13H17N3S. The molecule has 0 unspecified atom stereocenters. The highest BCUT2D eigenvalue weighted by Crippen LogP contribution is 2.28. The van der Waals surface area contributed by atoms with Gasteiger partial charge >= 0.3 is 0 Å². The number of nitrogens with two attached hydrogens (primary N) is 1. The van der Waals surface area contributed by atoms with E-state index in [1.165, 1.54) is 4.90 Å². The summed E-state index contributed by atoms with van der Waals surface area (Å²) in [7, 11) is 1.88. The molecule has 0 spiro atoms. The van der Waals surface area contributed by atoms with Crippen molar-refractivity contribution in [1.82, 2.24) is 9.78 Å². The van der Waals surface area contributed by atoms with Crippen LogP contribution in [-0.4, -0.2) is 15.0 Å². The molecule has 0 atom stereocenters. The molecule has 0 aliphatic heterocycles. The quantitative estimate of drug-likeness (QED) is 0.847. The number of nitrogens with zero attached hydrogens (tertiary/aromatic N) is 2. The van der Waals surface area contributed by atoms with Gasteiger partial charge in [0.1, 0.15) is 0 Å². The monoisotopic (exact) mass is 247 g/mol. The van der Waals surface area contributed by atoms with E-state index in [-0.39, 0.29) is 0 Å². The lowest BCUT2D eigenvalue weighted by Gasteiger charge is -2.05. The van der Waals surface area contributed by atoms with E-state index < -0.39 is 0 Å². The minimum atomic E-state index is 0.580. The molecule has 1 aromatic carbocycles. The lowest BCUT2D eigenvalue weighted by atomic mass is 10.1. The van der Waals surface area contributed by atoms with Crippen molar-refractivity contribution >= 4 is 17.6 Å². The van der Waals surface area contributed by atoms with Gasteiger partial charge in [-0.3, -0.25) is 4.68 Å². The zero-order chi connectivity index (χ0) is 12.4. The van der Waals surface area contributed by atoms with E-state index in [4.69, 9.17) is 5.73 Å². The number of anilines is 1. The molecule has 1 heterocycles. The summed E-state index contributed by atoms with van der Waals surface area (Å²) in [5.74, 6) is 0.580. The number of aromatic nitrogens is 2. The lowest BCUT2D eigenvalue weighted by Crippen LogP contribution is -1.90. The maximum atomic E-state index is 5.86. The molecule has 0 radical (unpaired) electrons. The minimum Gasteiger partial charge on any atom is -0.382 e. The van der Waals surface area contributed by atoms with Gasteiger partial charge in [-0.25, -0.2) is 0 Å². The van der Waals surface area contributed by atoms with Crippen molar-refractivity contribution in [2.24, 2.45) is 7.05 Å². The molecule has 0 saturated heterocycles. The van der Waals surface area contributed by atoms with E-state index in [1.807, 2.05) is 25.0 Å². The number of rotatable bonds is 3. The number of hydrogen-bond donors (Lipinski definition) is 1. The summed E-state index contributed by atoms with van der Waals surface area (Å²) in [6, 6.07) is 8.45. The van der Waals surface area contributed by atoms with Gasteiger partial charge in [0.2, 0.25) is 0 Å². The average molecular weight is 247 g/mol. The van der Waals surface area contributed by atoms with Crippen molar-refractivity contribution in [2.45, 2.75) is 24.0 Å². The van der Waals surface area contributed by atoms with Gasteiger partial charge in [-0.05, 0) is 17.7 Å². The molecule has 0 saturated carbocycles. The zero-order valence-electron chi connectivity index (χ0n) is 10.3. The largest absolute Gasteiger partial charge is 0.382 e. The van der Waals surface area contributed by atoms with Crippen LogP contribution in [0.5, 0.6) is 0 Å². The van der Waals surface area contributed by atoms with Gasteiger partial charge < -0.3 is 5.73 Å². The molecule has 0 aliphatic carbocycles. The number of thioether (sulfide) groups is 1. The first-order chi connectivity index (χ1) is 8.06. The summed E-state index contributed by atoms with van der Waals surface area (Å²) >= 11 is 1.86. The molecule has 2 N–H and O–H groups in total. The standard InChI is InChI=1S/C13H17N3S/c1-9(2)17-11-6-4-10(5-7-11)12-8-16(3)15-13(12)14/h4-9H,1-3H3,(H2,14,15). The Bertz CT molecular complexity index is 500. The van der Waals surface area contributed by atoms with Gasteiger partial charge in [-0.1, -0.05) is 26.0 Å². The van der Waals surface area contributed by atoms with Crippen LogP contribution < -0.4 is 5.73 Å². The lowest BCUT2D eigenvalue weighted by molar-refractivity contribution is 0.772. The molecule has 0 aliphatic rings. The normalized spacial score (nSPS) is 11.1. The molecule has 2 rings (SSSR count). The molecule has 90 valence electrons. The fourth-order valence-electron chi connectivity index (χ4n) is 1.71. The van der Waals surface area contributed by atoms with Crippen molar-refractivity contribution in [1.29, 1.82) is 0 Å². The summed E-state index contributed by atoms with van der Waals surface area (Å²) < 4.78 is 1.74. The number of nitrogen functional groups attached to an aromatic ring is 1. The van der Waals surface area contributed by atoms with Crippen molar-refractivity contribution < 1.29 is 0 Å². The first-order valence-corrected chi connectivity index (χ1v) is 6.50. The van der Waals surface area contributed by atoms with Gasteiger partial charge in [0, 0.05) is 29.0 Å². The first-order valence-electron chi connectivity index (χ1n) is 5.62. The van der Waals surface area contributed by atoms with Crippen LogP contribution >= 0.6 is 11.8 Å². The Kier molecular flexibility index (Phi) is 3.43. The van der Waals surface area contributed by atoms with Crippen LogP contribution in [-0.2, 0) is 7.05 Å². The van der Waals surface area contributed by atoms with E-state index in [0.717, 1.165) is 11.1 Å². The highest BCUT2D eigenvalue weighted by Gasteiger charge is 2.06. The van der Waals surface area contributed by atoms with Crippen LogP contribution in [0.2, 0.25) is 0 Å². The maximum Gasteiger partial charge on any atom is 0.153 e. The molecule has 2 aromatic rings. The van der Waals surface area contributed by atoms with Crippen LogP contribution in [0.4, 0.5) is 5.82 Å². The van der Waals surface area contributed by atoms with Crippen LogP contribution in [0.15, 0.2) is 35.4 Å². The van der Waals surface area contributed by atoms with Gasteiger partial charge in [0.25, 0.3) is 0 Å². The molecule has 1 aromatic heterocycles. The second-order valence-electron chi connectivity index (χ2n) is 4.29. The Hall–Kier alpha value is -1.42. The van der Waals surface area contributed by atoms with Crippen LogP contribution in [0.1, 0.15) is 13.8 Å². The van der Waals surface area contributed by atoms with Crippen molar-refractivity contribution in [3.63, 3.8) is 0 Å². The number of aryl methyl sites for hydroxylation is 1. The SMILES string of the molecule is CC(C)Sc1ccc(-c2cn(C)nc2N)cc1. The fraction of sp³-hybridized carbons (Fsp3) is 0.308. The van der Waals surface area contributed by atoms with E-state index in [0.29, 0.717) is 11.1 Å². The van der Waals surface area contributed by atoms with Gasteiger partial charge in [0.15, 0.2) is 5.82 Å².